The minimum Gasteiger partial charge on any atom is -0.378 e. The summed E-state index contributed by atoms with van der Waals surface area (Å²) in [5, 5.41) is 15.3. The average molecular weight is 298 g/mol. The zero-order chi connectivity index (χ0) is 14.8. The monoisotopic (exact) mass is 298 g/mol. The van der Waals surface area contributed by atoms with E-state index in [1.165, 1.54) is 27.1 Å². The van der Waals surface area contributed by atoms with Crippen molar-refractivity contribution in [2.75, 3.05) is 5.32 Å². The number of anilines is 1. The SMILES string of the molecule is CC(Nc1ccc([N+](=O)[O-])cc1)c1cc2ccccc2s1. The first-order chi connectivity index (χ1) is 10.1. The topological polar surface area (TPSA) is 55.2 Å². The number of non-ortho nitro benzene ring substituents is 1. The fraction of sp³-hybridized carbons (Fsp3) is 0.125. The van der Waals surface area contributed by atoms with Crippen LogP contribution in [0.2, 0.25) is 0 Å². The molecule has 0 radical (unpaired) electrons. The first-order valence-corrected chi connectivity index (χ1v) is 7.44. The highest BCUT2D eigenvalue weighted by Crippen LogP contribution is 2.31. The van der Waals surface area contributed by atoms with E-state index in [4.69, 9.17) is 0 Å². The first kappa shape index (κ1) is 13.6. The van der Waals surface area contributed by atoms with Gasteiger partial charge in [-0.05, 0) is 36.6 Å². The van der Waals surface area contributed by atoms with E-state index in [9.17, 15) is 10.1 Å². The summed E-state index contributed by atoms with van der Waals surface area (Å²) in [4.78, 5) is 11.5. The van der Waals surface area contributed by atoms with E-state index < -0.39 is 0 Å². The van der Waals surface area contributed by atoms with Gasteiger partial charge in [0.25, 0.3) is 5.69 Å². The van der Waals surface area contributed by atoms with Crippen LogP contribution in [0, 0.1) is 10.1 Å². The molecule has 4 nitrogen and oxygen atoms in total. The smallest absolute Gasteiger partial charge is 0.269 e. The zero-order valence-electron chi connectivity index (χ0n) is 11.4. The Hall–Kier alpha value is -2.40. The molecule has 0 bridgehead atoms. The van der Waals surface area contributed by atoms with Gasteiger partial charge in [0.1, 0.15) is 0 Å². The van der Waals surface area contributed by atoms with Crippen LogP contribution in [0.5, 0.6) is 0 Å². The largest absolute Gasteiger partial charge is 0.378 e. The van der Waals surface area contributed by atoms with Gasteiger partial charge in [0.05, 0.1) is 11.0 Å². The van der Waals surface area contributed by atoms with E-state index in [0.29, 0.717) is 0 Å². The maximum absolute atomic E-state index is 10.6. The first-order valence-electron chi connectivity index (χ1n) is 6.63. The second-order valence-corrected chi connectivity index (χ2v) is 5.97. The van der Waals surface area contributed by atoms with Crippen molar-refractivity contribution in [3.63, 3.8) is 0 Å². The molecule has 0 aliphatic carbocycles. The van der Waals surface area contributed by atoms with Crippen molar-refractivity contribution < 1.29 is 4.92 Å². The third kappa shape index (κ3) is 2.87. The fourth-order valence-electron chi connectivity index (χ4n) is 2.22. The third-order valence-electron chi connectivity index (χ3n) is 3.33. The molecular formula is C16H14N2O2S. The lowest BCUT2D eigenvalue weighted by Crippen LogP contribution is -2.04. The van der Waals surface area contributed by atoms with E-state index in [-0.39, 0.29) is 16.7 Å². The highest BCUT2D eigenvalue weighted by atomic mass is 32.1. The van der Waals surface area contributed by atoms with Gasteiger partial charge in [-0.3, -0.25) is 10.1 Å². The summed E-state index contributed by atoms with van der Waals surface area (Å²) in [7, 11) is 0. The Morgan fingerprint density at radius 1 is 1.14 bits per heavy atom. The predicted molar refractivity (Wildman–Crippen MR) is 87.0 cm³/mol. The Kier molecular flexibility index (Phi) is 3.58. The van der Waals surface area contributed by atoms with Gasteiger partial charge in [-0.1, -0.05) is 18.2 Å². The Morgan fingerprint density at radius 3 is 2.52 bits per heavy atom. The van der Waals surface area contributed by atoms with Crippen LogP contribution >= 0.6 is 11.3 Å². The van der Waals surface area contributed by atoms with Gasteiger partial charge < -0.3 is 5.32 Å². The summed E-state index contributed by atoms with van der Waals surface area (Å²) >= 11 is 1.76. The van der Waals surface area contributed by atoms with Crippen molar-refractivity contribution >= 4 is 32.8 Å². The molecule has 1 unspecified atom stereocenters. The van der Waals surface area contributed by atoms with Crippen LogP contribution in [-0.4, -0.2) is 4.92 Å². The Labute approximate surface area is 126 Å². The Morgan fingerprint density at radius 2 is 1.86 bits per heavy atom. The Balaban J connectivity index is 1.78. The van der Waals surface area contributed by atoms with Crippen LogP contribution in [-0.2, 0) is 0 Å². The number of fused-ring (bicyclic) bond motifs is 1. The van der Waals surface area contributed by atoms with E-state index in [0.717, 1.165) is 5.69 Å². The van der Waals surface area contributed by atoms with Crippen molar-refractivity contribution in [1.82, 2.24) is 0 Å². The summed E-state index contributed by atoms with van der Waals surface area (Å²) in [6.45, 7) is 2.09. The minimum absolute atomic E-state index is 0.107. The number of nitrogens with one attached hydrogen (secondary N) is 1. The number of hydrogen-bond acceptors (Lipinski definition) is 4. The number of nitro groups is 1. The minimum atomic E-state index is -0.390. The van der Waals surface area contributed by atoms with Crippen LogP contribution in [0.15, 0.2) is 54.6 Å². The number of thiophene rings is 1. The third-order valence-corrected chi connectivity index (χ3v) is 4.63. The van der Waals surface area contributed by atoms with Crippen LogP contribution < -0.4 is 5.32 Å². The molecule has 0 fully saturated rings. The van der Waals surface area contributed by atoms with Crippen molar-refractivity contribution in [3.05, 3.63) is 69.6 Å². The van der Waals surface area contributed by atoms with Crippen LogP contribution in [0.1, 0.15) is 17.8 Å². The molecule has 0 saturated heterocycles. The highest BCUT2D eigenvalue weighted by Gasteiger charge is 2.10. The van der Waals surface area contributed by atoms with Gasteiger partial charge in [0.2, 0.25) is 0 Å². The molecular weight excluding hydrogens is 284 g/mol. The molecule has 1 heterocycles. The quantitative estimate of drug-likeness (QED) is 0.545. The van der Waals surface area contributed by atoms with Crippen molar-refractivity contribution in [2.24, 2.45) is 0 Å². The van der Waals surface area contributed by atoms with Gasteiger partial charge in [-0.15, -0.1) is 11.3 Å². The van der Waals surface area contributed by atoms with Crippen LogP contribution in [0.3, 0.4) is 0 Å². The molecule has 1 aromatic heterocycles. The molecule has 1 atom stereocenters. The molecule has 0 aliphatic heterocycles. The van der Waals surface area contributed by atoms with Gasteiger partial charge in [-0.2, -0.15) is 0 Å². The normalized spacial score (nSPS) is 12.2. The van der Waals surface area contributed by atoms with Crippen molar-refractivity contribution in [2.45, 2.75) is 13.0 Å². The molecule has 21 heavy (non-hydrogen) atoms. The Bertz CT molecular complexity index is 747. The van der Waals surface area contributed by atoms with E-state index in [1.54, 1.807) is 23.5 Å². The maximum atomic E-state index is 10.6. The van der Waals surface area contributed by atoms with E-state index in [2.05, 4.69) is 30.4 Å². The van der Waals surface area contributed by atoms with Gasteiger partial charge in [-0.25, -0.2) is 0 Å². The molecule has 0 aliphatic rings. The second-order valence-electron chi connectivity index (χ2n) is 4.86. The van der Waals surface area contributed by atoms with E-state index >= 15 is 0 Å². The lowest BCUT2D eigenvalue weighted by Gasteiger charge is -2.13. The molecule has 3 rings (SSSR count). The molecule has 3 aromatic rings. The zero-order valence-corrected chi connectivity index (χ0v) is 12.3. The molecule has 1 N–H and O–H groups in total. The van der Waals surface area contributed by atoms with Crippen molar-refractivity contribution in [1.29, 1.82) is 0 Å². The maximum Gasteiger partial charge on any atom is 0.269 e. The number of benzene rings is 2. The fourth-order valence-corrected chi connectivity index (χ4v) is 3.28. The number of rotatable bonds is 4. The molecule has 106 valence electrons. The van der Waals surface area contributed by atoms with Crippen molar-refractivity contribution in [3.8, 4) is 0 Å². The van der Waals surface area contributed by atoms with Crippen LogP contribution in [0.4, 0.5) is 11.4 Å². The van der Waals surface area contributed by atoms with Gasteiger partial charge in [0.15, 0.2) is 0 Å². The number of nitro benzene ring substituents is 1. The lowest BCUT2D eigenvalue weighted by atomic mass is 10.2. The second kappa shape index (κ2) is 5.54. The van der Waals surface area contributed by atoms with Gasteiger partial charge >= 0.3 is 0 Å². The molecule has 0 saturated carbocycles. The average Bonchev–Trinajstić information content (AvgIpc) is 2.92. The molecule has 5 heteroatoms. The summed E-state index contributed by atoms with van der Waals surface area (Å²) in [6, 6.07) is 17.1. The van der Waals surface area contributed by atoms with E-state index in [1.807, 2.05) is 12.1 Å². The predicted octanol–water partition coefficient (Wildman–Crippen LogP) is 4.98. The van der Waals surface area contributed by atoms with Crippen LogP contribution in [0.25, 0.3) is 10.1 Å². The lowest BCUT2D eigenvalue weighted by molar-refractivity contribution is -0.384. The summed E-state index contributed by atoms with van der Waals surface area (Å²) in [6.07, 6.45) is 0. The summed E-state index contributed by atoms with van der Waals surface area (Å²) < 4.78 is 1.27. The highest BCUT2D eigenvalue weighted by molar-refractivity contribution is 7.19. The molecule has 0 spiro atoms. The number of hydrogen-bond donors (Lipinski definition) is 1. The standard InChI is InChI=1S/C16H14N2O2S/c1-11(16-10-12-4-2-3-5-15(12)21-16)17-13-6-8-14(9-7-13)18(19)20/h2-11,17H,1H3. The number of nitrogens with zero attached hydrogens (tertiary/aromatic N) is 1. The summed E-state index contributed by atoms with van der Waals surface area (Å²) in [5.74, 6) is 0. The summed E-state index contributed by atoms with van der Waals surface area (Å²) in [5.41, 5.74) is 0.987. The molecule has 2 aromatic carbocycles. The van der Waals surface area contributed by atoms with Gasteiger partial charge in [0, 0.05) is 27.4 Å². The molecule has 0 amide bonds.